The van der Waals surface area contributed by atoms with Crippen LogP contribution in [-0.2, 0) is 9.53 Å². The molecular formula is C11H17N3O4. The van der Waals surface area contributed by atoms with Crippen molar-refractivity contribution in [2.75, 3.05) is 6.61 Å². The van der Waals surface area contributed by atoms with Crippen LogP contribution in [-0.4, -0.2) is 27.3 Å². The molecule has 0 aromatic carbocycles. The van der Waals surface area contributed by atoms with Crippen molar-refractivity contribution in [1.29, 1.82) is 0 Å². The molecule has 0 saturated heterocycles. The maximum Gasteiger partial charge on any atom is 0.312 e. The van der Waals surface area contributed by atoms with Crippen molar-refractivity contribution < 1.29 is 14.5 Å². The monoisotopic (exact) mass is 255 g/mol. The van der Waals surface area contributed by atoms with Crippen molar-refractivity contribution in [2.45, 2.75) is 40.2 Å². The number of aromatic nitrogens is 2. The van der Waals surface area contributed by atoms with Gasteiger partial charge in [0.25, 0.3) is 0 Å². The number of aryl methyl sites for hydroxylation is 1. The third-order valence-corrected chi connectivity index (χ3v) is 2.65. The lowest BCUT2D eigenvalue weighted by atomic mass is 10.2. The highest BCUT2D eigenvalue weighted by Gasteiger charge is 2.25. The largest absolute Gasteiger partial charge is 0.466 e. The van der Waals surface area contributed by atoms with Crippen molar-refractivity contribution in [3.05, 3.63) is 21.5 Å². The summed E-state index contributed by atoms with van der Waals surface area (Å²) in [5.41, 5.74) is 0.813. The van der Waals surface area contributed by atoms with Gasteiger partial charge in [0.2, 0.25) is 0 Å². The molecule has 0 fully saturated rings. The molecule has 7 nitrogen and oxygen atoms in total. The molecule has 1 rings (SSSR count). The predicted molar refractivity (Wildman–Crippen MR) is 64.3 cm³/mol. The minimum absolute atomic E-state index is 0.00529. The van der Waals surface area contributed by atoms with E-state index in [1.54, 1.807) is 27.7 Å². The molecule has 0 N–H and O–H groups in total. The topological polar surface area (TPSA) is 87.3 Å². The van der Waals surface area contributed by atoms with Gasteiger partial charge < -0.3 is 4.74 Å². The first kappa shape index (κ1) is 14.1. The van der Waals surface area contributed by atoms with E-state index in [-0.39, 0.29) is 24.1 Å². The molecule has 18 heavy (non-hydrogen) atoms. The number of ether oxygens (including phenoxy) is 1. The van der Waals surface area contributed by atoms with Gasteiger partial charge in [0.05, 0.1) is 24.0 Å². The number of hydrogen-bond acceptors (Lipinski definition) is 5. The van der Waals surface area contributed by atoms with Crippen molar-refractivity contribution in [3.63, 3.8) is 0 Å². The van der Waals surface area contributed by atoms with Crippen LogP contribution in [0.15, 0.2) is 0 Å². The lowest BCUT2D eigenvalue weighted by molar-refractivity contribution is -0.386. The molecule has 0 saturated carbocycles. The number of nitrogens with zero attached hydrogens (tertiary/aromatic N) is 3. The number of carbonyl (C=O) groups is 1. The van der Waals surface area contributed by atoms with Crippen molar-refractivity contribution in [2.24, 2.45) is 0 Å². The fourth-order valence-electron chi connectivity index (χ4n) is 1.90. The van der Waals surface area contributed by atoms with E-state index < -0.39 is 4.92 Å². The minimum atomic E-state index is -0.453. The Kier molecular flexibility index (Phi) is 4.41. The maximum absolute atomic E-state index is 11.4. The fraction of sp³-hybridized carbons (Fsp3) is 0.636. The second kappa shape index (κ2) is 5.61. The molecule has 1 aromatic rings. The van der Waals surface area contributed by atoms with Crippen molar-refractivity contribution >= 4 is 11.7 Å². The van der Waals surface area contributed by atoms with E-state index in [0.29, 0.717) is 18.0 Å². The normalized spacial score (nSPS) is 12.2. The van der Waals surface area contributed by atoms with Gasteiger partial charge in [-0.2, -0.15) is 5.10 Å². The van der Waals surface area contributed by atoms with Crippen LogP contribution in [0.1, 0.15) is 37.7 Å². The molecule has 100 valence electrons. The van der Waals surface area contributed by atoms with Crippen LogP contribution in [0, 0.1) is 24.0 Å². The molecule has 0 aliphatic rings. The van der Waals surface area contributed by atoms with Crippen LogP contribution >= 0.6 is 0 Å². The number of carbonyl (C=O) groups excluding carboxylic acids is 1. The summed E-state index contributed by atoms with van der Waals surface area (Å²) in [4.78, 5) is 21.8. The molecule has 0 bridgehead atoms. The molecule has 1 unspecified atom stereocenters. The Morgan fingerprint density at radius 2 is 2.17 bits per heavy atom. The third-order valence-electron chi connectivity index (χ3n) is 2.65. The van der Waals surface area contributed by atoms with Crippen LogP contribution in [0.25, 0.3) is 0 Å². The Morgan fingerprint density at radius 3 is 2.61 bits per heavy atom. The summed E-state index contributed by atoms with van der Waals surface area (Å²) in [5.74, 6) is -0.333. The smallest absolute Gasteiger partial charge is 0.312 e. The zero-order valence-corrected chi connectivity index (χ0v) is 11.0. The molecule has 0 aliphatic heterocycles. The van der Waals surface area contributed by atoms with E-state index in [4.69, 9.17) is 4.74 Å². The van der Waals surface area contributed by atoms with E-state index in [1.807, 2.05) is 0 Å². The molecule has 1 atom stereocenters. The average Bonchev–Trinajstić information content (AvgIpc) is 2.54. The Morgan fingerprint density at radius 1 is 1.56 bits per heavy atom. The molecule has 0 radical (unpaired) electrons. The summed E-state index contributed by atoms with van der Waals surface area (Å²) in [6, 6.07) is -0.267. The molecule has 0 spiro atoms. The SMILES string of the molecule is CCOC(=O)CC(C)n1nc(C)c([N+](=O)[O-])c1C. The van der Waals surface area contributed by atoms with Gasteiger partial charge in [-0.15, -0.1) is 0 Å². The molecule has 1 aromatic heterocycles. The molecule has 7 heteroatoms. The highest BCUT2D eigenvalue weighted by Crippen LogP contribution is 2.25. The van der Waals surface area contributed by atoms with Crippen LogP contribution < -0.4 is 0 Å². The lowest BCUT2D eigenvalue weighted by Crippen LogP contribution is -2.15. The van der Waals surface area contributed by atoms with Crippen LogP contribution in [0.3, 0.4) is 0 Å². The van der Waals surface area contributed by atoms with Gasteiger partial charge >= 0.3 is 11.7 Å². The van der Waals surface area contributed by atoms with Gasteiger partial charge in [-0.25, -0.2) is 0 Å². The van der Waals surface area contributed by atoms with Gasteiger partial charge in [0, 0.05) is 0 Å². The number of esters is 1. The highest BCUT2D eigenvalue weighted by atomic mass is 16.6. The highest BCUT2D eigenvalue weighted by molar-refractivity contribution is 5.69. The van der Waals surface area contributed by atoms with Crippen LogP contribution in [0.4, 0.5) is 5.69 Å². The van der Waals surface area contributed by atoms with Crippen LogP contribution in [0.5, 0.6) is 0 Å². The van der Waals surface area contributed by atoms with E-state index in [1.165, 1.54) is 4.68 Å². The second-order valence-electron chi connectivity index (χ2n) is 4.08. The number of nitro groups is 1. The number of hydrogen-bond donors (Lipinski definition) is 0. The molecule has 0 aliphatic carbocycles. The minimum Gasteiger partial charge on any atom is -0.466 e. The van der Waals surface area contributed by atoms with Gasteiger partial charge in [0.15, 0.2) is 0 Å². The first-order chi connectivity index (χ1) is 8.38. The first-order valence-electron chi connectivity index (χ1n) is 5.74. The quantitative estimate of drug-likeness (QED) is 0.455. The van der Waals surface area contributed by atoms with E-state index >= 15 is 0 Å². The van der Waals surface area contributed by atoms with E-state index in [2.05, 4.69) is 5.10 Å². The Balaban J connectivity index is 2.93. The predicted octanol–water partition coefficient (Wildman–Crippen LogP) is 1.92. The summed E-state index contributed by atoms with van der Waals surface area (Å²) in [6.45, 7) is 7.04. The fourth-order valence-corrected chi connectivity index (χ4v) is 1.90. The maximum atomic E-state index is 11.4. The Hall–Kier alpha value is -1.92. The Labute approximate surface area is 105 Å². The van der Waals surface area contributed by atoms with Gasteiger partial charge in [-0.1, -0.05) is 0 Å². The average molecular weight is 255 g/mol. The Bertz CT molecular complexity index is 467. The van der Waals surface area contributed by atoms with E-state index in [9.17, 15) is 14.9 Å². The van der Waals surface area contributed by atoms with Crippen molar-refractivity contribution in [3.8, 4) is 0 Å². The van der Waals surface area contributed by atoms with Crippen molar-refractivity contribution in [1.82, 2.24) is 9.78 Å². The van der Waals surface area contributed by atoms with Gasteiger partial charge in [0.1, 0.15) is 11.4 Å². The molecular weight excluding hydrogens is 238 g/mol. The molecule has 0 amide bonds. The van der Waals surface area contributed by atoms with Crippen LogP contribution in [0.2, 0.25) is 0 Å². The zero-order chi connectivity index (χ0) is 13.9. The zero-order valence-electron chi connectivity index (χ0n) is 11.0. The summed E-state index contributed by atoms with van der Waals surface area (Å²) < 4.78 is 6.35. The number of rotatable bonds is 5. The summed E-state index contributed by atoms with van der Waals surface area (Å²) in [5, 5.41) is 15.0. The first-order valence-corrected chi connectivity index (χ1v) is 5.74. The standard InChI is InChI=1S/C11H17N3O4/c1-5-18-10(15)6-7(2)13-9(4)11(14(16)17)8(3)12-13/h7H,5-6H2,1-4H3. The summed E-state index contributed by atoms with van der Waals surface area (Å²) in [6.07, 6.45) is 0.146. The second-order valence-corrected chi connectivity index (χ2v) is 4.08. The van der Waals surface area contributed by atoms with Gasteiger partial charge in [-0.05, 0) is 27.7 Å². The summed E-state index contributed by atoms with van der Waals surface area (Å²) in [7, 11) is 0. The third kappa shape index (κ3) is 2.85. The summed E-state index contributed by atoms with van der Waals surface area (Å²) >= 11 is 0. The lowest BCUT2D eigenvalue weighted by Gasteiger charge is -2.12. The van der Waals surface area contributed by atoms with E-state index in [0.717, 1.165) is 0 Å². The van der Waals surface area contributed by atoms with Gasteiger partial charge in [-0.3, -0.25) is 19.6 Å². The molecule has 1 heterocycles.